The van der Waals surface area contributed by atoms with Crippen molar-refractivity contribution in [3.8, 4) is 0 Å². The smallest absolute Gasteiger partial charge is 0.223 e. The Morgan fingerprint density at radius 2 is 1.96 bits per heavy atom. The van der Waals surface area contributed by atoms with Crippen molar-refractivity contribution in [3.05, 3.63) is 60.1 Å². The summed E-state index contributed by atoms with van der Waals surface area (Å²) in [7, 11) is 0. The molecular formula is C21H28N2O2. The second-order valence-electron chi connectivity index (χ2n) is 7.06. The Hall–Kier alpha value is -2.07. The molecule has 0 saturated carbocycles. The lowest BCUT2D eigenvalue weighted by atomic mass is 9.95. The van der Waals surface area contributed by atoms with Crippen LogP contribution in [0.1, 0.15) is 37.5 Å². The molecule has 1 aromatic heterocycles. The van der Waals surface area contributed by atoms with E-state index in [-0.39, 0.29) is 17.9 Å². The third-order valence-corrected chi connectivity index (χ3v) is 5.00. The van der Waals surface area contributed by atoms with Gasteiger partial charge in [-0.25, -0.2) is 0 Å². The number of hydrogen-bond donors (Lipinski definition) is 1. The van der Waals surface area contributed by atoms with Gasteiger partial charge in [-0.05, 0) is 57.0 Å². The van der Waals surface area contributed by atoms with Crippen molar-refractivity contribution in [2.45, 2.75) is 45.2 Å². The molecule has 1 fully saturated rings. The van der Waals surface area contributed by atoms with Gasteiger partial charge >= 0.3 is 0 Å². The zero-order valence-corrected chi connectivity index (χ0v) is 15.0. The number of benzene rings is 1. The highest BCUT2D eigenvalue weighted by Crippen LogP contribution is 2.19. The van der Waals surface area contributed by atoms with E-state index in [2.05, 4.69) is 41.4 Å². The number of piperidine rings is 1. The van der Waals surface area contributed by atoms with Crippen molar-refractivity contribution in [2.75, 3.05) is 13.1 Å². The summed E-state index contributed by atoms with van der Waals surface area (Å²) in [6.45, 7) is 5.04. The largest absolute Gasteiger partial charge is 0.469 e. The van der Waals surface area contributed by atoms with Gasteiger partial charge in [-0.3, -0.25) is 9.69 Å². The lowest BCUT2D eigenvalue weighted by Crippen LogP contribution is -2.43. The van der Waals surface area contributed by atoms with Crippen LogP contribution in [0.15, 0.2) is 53.1 Å². The molecule has 0 bridgehead atoms. The van der Waals surface area contributed by atoms with Crippen LogP contribution in [0.4, 0.5) is 0 Å². The Kier molecular flexibility index (Phi) is 6.29. The number of rotatable bonds is 7. The van der Waals surface area contributed by atoms with Crippen LogP contribution in [-0.2, 0) is 17.8 Å². The molecule has 3 rings (SSSR count). The molecule has 134 valence electrons. The predicted octanol–water partition coefficient (Wildman–Crippen LogP) is 3.63. The molecule has 1 N–H and O–H groups in total. The van der Waals surface area contributed by atoms with Crippen LogP contribution in [0.25, 0.3) is 0 Å². The third-order valence-electron chi connectivity index (χ3n) is 5.00. The van der Waals surface area contributed by atoms with E-state index in [1.54, 1.807) is 6.26 Å². The molecule has 2 heterocycles. The first-order chi connectivity index (χ1) is 12.2. The van der Waals surface area contributed by atoms with Crippen LogP contribution < -0.4 is 5.32 Å². The van der Waals surface area contributed by atoms with Gasteiger partial charge in [-0.1, -0.05) is 30.3 Å². The number of likely N-dealkylation sites (tertiary alicyclic amines) is 1. The van der Waals surface area contributed by atoms with Gasteiger partial charge in [0.2, 0.25) is 5.91 Å². The Bertz CT molecular complexity index is 631. The fourth-order valence-electron chi connectivity index (χ4n) is 3.44. The average Bonchev–Trinajstić information content (AvgIpc) is 3.15. The summed E-state index contributed by atoms with van der Waals surface area (Å²) in [6, 6.07) is 14.6. The van der Waals surface area contributed by atoms with Crippen LogP contribution in [-0.4, -0.2) is 29.9 Å². The quantitative estimate of drug-likeness (QED) is 0.837. The summed E-state index contributed by atoms with van der Waals surface area (Å²) in [5.74, 6) is 1.35. The van der Waals surface area contributed by atoms with E-state index in [4.69, 9.17) is 4.42 Å². The summed E-state index contributed by atoms with van der Waals surface area (Å²) >= 11 is 0. The van der Waals surface area contributed by atoms with Crippen molar-refractivity contribution >= 4 is 5.91 Å². The van der Waals surface area contributed by atoms with E-state index in [9.17, 15) is 4.79 Å². The summed E-state index contributed by atoms with van der Waals surface area (Å²) in [4.78, 5) is 14.9. The van der Waals surface area contributed by atoms with Gasteiger partial charge in [0, 0.05) is 24.9 Å². The van der Waals surface area contributed by atoms with Gasteiger partial charge in [-0.2, -0.15) is 0 Å². The summed E-state index contributed by atoms with van der Waals surface area (Å²) in [5, 5.41) is 3.18. The third kappa shape index (κ3) is 5.46. The minimum absolute atomic E-state index is 0.151. The Labute approximate surface area is 150 Å². The van der Waals surface area contributed by atoms with Crippen LogP contribution in [0.5, 0.6) is 0 Å². The minimum atomic E-state index is 0.151. The lowest BCUT2D eigenvalue weighted by Gasteiger charge is -2.31. The highest BCUT2D eigenvalue weighted by molar-refractivity contribution is 5.79. The lowest BCUT2D eigenvalue weighted by molar-refractivity contribution is -0.127. The van der Waals surface area contributed by atoms with Crippen LogP contribution in [0.3, 0.4) is 0 Å². The standard InChI is InChI=1S/C21H28N2O2/c1-17(9-10-20-8-5-15-25-20)22-21(24)19-11-13-23(14-12-19)16-18-6-3-2-4-7-18/h2-8,15,17,19H,9-14,16H2,1H3,(H,22,24)/t17-/m0/s1. The van der Waals surface area contributed by atoms with Crippen LogP contribution >= 0.6 is 0 Å². The molecule has 4 heteroatoms. The van der Waals surface area contributed by atoms with E-state index in [1.165, 1.54) is 5.56 Å². The summed E-state index contributed by atoms with van der Waals surface area (Å²) in [5.41, 5.74) is 1.34. The Balaban J connectivity index is 1.37. The van der Waals surface area contributed by atoms with E-state index in [0.29, 0.717) is 0 Å². The number of carbonyl (C=O) groups excluding carboxylic acids is 1. The van der Waals surface area contributed by atoms with Crippen molar-refractivity contribution < 1.29 is 9.21 Å². The topological polar surface area (TPSA) is 45.5 Å². The fraction of sp³-hybridized carbons (Fsp3) is 0.476. The first-order valence-electron chi connectivity index (χ1n) is 9.30. The molecule has 0 radical (unpaired) electrons. The number of carbonyl (C=O) groups is 1. The number of nitrogens with zero attached hydrogens (tertiary/aromatic N) is 1. The maximum atomic E-state index is 12.5. The zero-order valence-electron chi connectivity index (χ0n) is 15.0. The second-order valence-corrected chi connectivity index (χ2v) is 7.06. The van der Waals surface area contributed by atoms with Gasteiger partial charge in [0.15, 0.2) is 0 Å². The molecule has 1 amide bonds. The van der Waals surface area contributed by atoms with E-state index >= 15 is 0 Å². The number of nitrogens with one attached hydrogen (secondary N) is 1. The highest BCUT2D eigenvalue weighted by atomic mass is 16.3. The zero-order chi connectivity index (χ0) is 17.5. The first-order valence-corrected chi connectivity index (χ1v) is 9.30. The van der Waals surface area contributed by atoms with Gasteiger partial charge in [0.05, 0.1) is 6.26 Å². The molecule has 0 spiro atoms. The molecular weight excluding hydrogens is 312 g/mol. The van der Waals surface area contributed by atoms with Crippen LogP contribution in [0, 0.1) is 5.92 Å². The average molecular weight is 340 g/mol. The number of aryl methyl sites for hydroxylation is 1. The molecule has 25 heavy (non-hydrogen) atoms. The monoisotopic (exact) mass is 340 g/mol. The highest BCUT2D eigenvalue weighted by Gasteiger charge is 2.25. The van der Waals surface area contributed by atoms with Gasteiger partial charge < -0.3 is 9.73 Å². The molecule has 1 aliphatic heterocycles. The summed E-state index contributed by atoms with van der Waals surface area (Å²) < 4.78 is 5.35. The van der Waals surface area contributed by atoms with Crippen molar-refractivity contribution in [2.24, 2.45) is 5.92 Å². The minimum Gasteiger partial charge on any atom is -0.469 e. The maximum Gasteiger partial charge on any atom is 0.223 e. The molecule has 1 saturated heterocycles. The molecule has 2 aromatic rings. The SMILES string of the molecule is C[C@@H](CCc1ccco1)NC(=O)C1CCN(Cc2ccccc2)CC1. The molecule has 1 atom stereocenters. The fourth-order valence-corrected chi connectivity index (χ4v) is 3.44. The predicted molar refractivity (Wildman–Crippen MR) is 99.1 cm³/mol. The van der Waals surface area contributed by atoms with E-state index < -0.39 is 0 Å². The molecule has 1 aromatic carbocycles. The number of amides is 1. The molecule has 1 aliphatic rings. The molecule has 0 aliphatic carbocycles. The molecule has 0 unspecified atom stereocenters. The van der Waals surface area contributed by atoms with Gasteiger partial charge in [0.1, 0.15) is 5.76 Å². The van der Waals surface area contributed by atoms with Gasteiger partial charge in [0.25, 0.3) is 0 Å². The second kappa shape index (κ2) is 8.86. The Morgan fingerprint density at radius 1 is 1.20 bits per heavy atom. The Morgan fingerprint density at radius 3 is 2.64 bits per heavy atom. The first kappa shape index (κ1) is 17.7. The number of furan rings is 1. The summed E-state index contributed by atoms with van der Waals surface area (Å²) in [6.07, 6.45) is 5.37. The normalized spacial score (nSPS) is 17.3. The van der Waals surface area contributed by atoms with Gasteiger partial charge in [-0.15, -0.1) is 0 Å². The maximum absolute atomic E-state index is 12.5. The van der Waals surface area contributed by atoms with E-state index in [1.807, 2.05) is 18.2 Å². The van der Waals surface area contributed by atoms with Crippen LogP contribution in [0.2, 0.25) is 0 Å². The van der Waals surface area contributed by atoms with Crippen molar-refractivity contribution in [1.82, 2.24) is 10.2 Å². The number of hydrogen-bond acceptors (Lipinski definition) is 3. The molecule has 4 nitrogen and oxygen atoms in total. The van der Waals surface area contributed by atoms with Crippen molar-refractivity contribution in [3.63, 3.8) is 0 Å². The van der Waals surface area contributed by atoms with E-state index in [0.717, 1.165) is 51.1 Å². The van der Waals surface area contributed by atoms with Crippen molar-refractivity contribution in [1.29, 1.82) is 0 Å².